The van der Waals surface area contributed by atoms with E-state index in [0.717, 1.165) is 5.56 Å². The number of nitriles is 1. The molecule has 0 spiro atoms. The molecule has 2 nitrogen and oxygen atoms in total. The molecule has 1 aromatic rings. The van der Waals surface area contributed by atoms with Gasteiger partial charge in [-0.15, -0.1) is 0 Å². The fourth-order valence-corrected chi connectivity index (χ4v) is 1.07. The van der Waals surface area contributed by atoms with Gasteiger partial charge in [0.15, 0.2) is 5.69 Å². The summed E-state index contributed by atoms with van der Waals surface area (Å²) in [6, 6.07) is 3.71. The van der Waals surface area contributed by atoms with Crippen molar-refractivity contribution >= 4 is 11.6 Å². The first-order chi connectivity index (χ1) is 5.65. The zero-order chi connectivity index (χ0) is 9.14. The molecule has 1 aromatic heterocycles. The minimum Gasteiger partial charge on any atom is -0.244 e. The molecule has 1 heterocycles. The predicted molar refractivity (Wildman–Crippen MR) is 48.1 cm³/mol. The first-order valence-corrected chi connectivity index (χ1v) is 4.08. The van der Waals surface area contributed by atoms with Crippen molar-refractivity contribution in [3.05, 3.63) is 28.5 Å². The Morgan fingerprint density at radius 1 is 1.58 bits per heavy atom. The number of halogens is 1. The average Bonchev–Trinajstić information content (AvgIpc) is 2.04. The summed E-state index contributed by atoms with van der Waals surface area (Å²) in [6.07, 6.45) is 1.69. The van der Waals surface area contributed by atoms with Gasteiger partial charge in [0.1, 0.15) is 6.07 Å². The second-order valence-corrected chi connectivity index (χ2v) is 3.27. The summed E-state index contributed by atoms with van der Waals surface area (Å²) in [6.45, 7) is 4.11. The molecular weight excluding hydrogens is 172 g/mol. The Hall–Kier alpha value is -1.07. The Balaban J connectivity index is 3.12. The highest BCUT2D eigenvalue weighted by Crippen LogP contribution is 2.19. The van der Waals surface area contributed by atoms with E-state index in [1.54, 1.807) is 12.3 Å². The lowest BCUT2D eigenvalue weighted by molar-refractivity contribution is 0.857. The largest absolute Gasteiger partial charge is 0.244 e. The number of pyridine rings is 1. The van der Waals surface area contributed by atoms with Gasteiger partial charge in [0, 0.05) is 6.20 Å². The maximum Gasteiger partial charge on any atom is 0.159 e. The van der Waals surface area contributed by atoms with Gasteiger partial charge in [-0.05, 0) is 17.5 Å². The van der Waals surface area contributed by atoms with Crippen LogP contribution < -0.4 is 0 Å². The minimum atomic E-state index is 0.293. The highest BCUT2D eigenvalue weighted by molar-refractivity contribution is 6.31. The van der Waals surface area contributed by atoms with Gasteiger partial charge in [-0.3, -0.25) is 0 Å². The Labute approximate surface area is 76.8 Å². The van der Waals surface area contributed by atoms with Crippen LogP contribution in [0.15, 0.2) is 12.3 Å². The van der Waals surface area contributed by atoms with Crippen molar-refractivity contribution in [2.45, 2.75) is 19.8 Å². The molecule has 0 aliphatic carbocycles. The second-order valence-electron chi connectivity index (χ2n) is 2.87. The van der Waals surface area contributed by atoms with Crippen molar-refractivity contribution < 1.29 is 0 Å². The van der Waals surface area contributed by atoms with Crippen LogP contribution in [0.2, 0.25) is 5.02 Å². The van der Waals surface area contributed by atoms with Gasteiger partial charge in [0.25, 0.3) is 0 Å². The highest BCUT2D eigenvalue weighted by Gasteiger charge is 2.04. The third-order valence-electron chi connectivity index (χ3n) is 1.63. The van der Waals surface area contributed by atoms with Crippen molar-refractivity contribution in [1.29, 1.82) is 5.26 Å². The van der Waals surface area contributed by atoms with Gasteiger partial charge in [-0.1, -0.05) is 25.4 Å². The van der Waals surface area contributed by atoms with Crippen molar-refractivity contribution in [3.8, 4) is 6.07 Å². The first kappa shape index (κ1) is 9.02. The Bertz CT molecular complexity index is 326. The second kappa shape index (κ2) is 3.55. The summed E-state index contributed by atoms with van der Waals surface area (Å²) >= 11 is 5.79. The maximum atomic E-state index is 8.55. The summed E-state index contributed by atoms with van der Waals surface area (Å²) in [5, 5.41) is 8.98. The van der Waals surface area contributed by atoms with Crippen LogP contribution in [0, 0.1) is 11.3 Å². The zero-order valence-electron chi connectivity index (χ0n) is 7.00. The van der Waals surface area contributed by atoms with Gasteiger partial charge in [-0.25, -0.2) is 4.98 Å². The predicted octanol–water partition coefficient (Wildman–Crippen LogP) is 2.73. The van der Waals surface area contributed by atoms with E-state index in [2.05, 4.69) is 18.8 Å². The van der Waals surface area contributed by atoms with E-state index >= 15 is 0 Å². The normalized spacial score (nSPS) is 9.92. The number of hydrogen-bond donors (Lipinski definition) is 0. The van der Waals surface area contributed by atoms with E-state index in [9.17, 15) is 0 Å². The fourth-order valence-electron chi connectivity index (χ4n) is 0.851. The van der Waals surface area contributed by atoms with E-state index in [-0.39, 0.29) is 0 Å². The van der Waals surface area contributed by atoms with Crippen molar-refractivity contribution in [2.24, 2.45) is 0 Å². The summed E-state index contributed by atoms with van der Waals surface area (Å²) in [4.78, 5) is 3.92. The molecule has 62 valence electrons. The molecule has 0 atom stereocenters. The number of nitrogens with zero attached hydrogens (tertiary/aromatic N) is 2. The van der Waals surface area contributed by atoms with Crippen molar-refractivity contribution in [3.63, 3.8) is 0 Å². The lowest BCUT2D eigenvalue weighted by atomic mass is 10.1. The van der Waals surface area contributed by atoms with Crippen LogP contribution in [0.25, 0.3) is 0 Å². The van der Waals surface area contributed by atoms with Gasteiger partial charge in [-0.2, -0.15) is 5.26 Å². The monoisotopic (exact) mass is 180 g/mol. The van der Waals surface area contributed by atoms with Gasteiger partial charge in [0.2, 0.25) is 0 Å². The zero-order valence-corrected chi connectivity index (χ0v) is 7.76. The molecule has 0 aliphatic rings. The van der Waals surface area contributed by atoms with Crippen molar-refractivity contribution in [1.82, 2.24) is 4.98 Å². The third-order valence-corrected chi connectivity index (χ3v) is 1.92. The van der Waals surface area contributed by atoms with E-state index in [1.165, 1.54) is 0 Å². The lowest BCUT2D eigenvalue weighted by Gasteiger charge is -2.04. The average molecular weight is 181 g/mol. The molecule has 0 unspecified atom stereocenters. The molecule has 0 bridgehead atoms. The third kappa shape index (κ3) is 1.75. The molecule has 0 aliphatic heterocycles. The SMILES string of the molecule is CC(C)c1cnc(C#N)c(Cl)c1. The molecular formula is C9H9ClN2. The lowest BCUT2D eigenvalue weighted by Crippen LogP contribution is -1.91. The first-order valence-electron chi connectivity index (χ1n) is 3.70. The van der Waals surface area contributed by atoms with Crippen LogP contribution in [-0.2, 0) is 0 Å². The minimum absolute atomic E-state index is 0.293. The molecule has 0 fully saturated rings. The highest BCUT2D eigenvalue weighted by atomic mass is 35.5. The van der Waals surface area contributed by atoms with Gasteiger partial charge in [0.05, 0.1) is 5.02 Å². The number of aromatic nitrogens is 1. The maximum absolute atomic E-state index is 8.55. The summed E-state index contributed by atoms with van der Waals surface area (Å²) in [5.41, 5.74) is 1.35. The smallest absolute Gasteiger partial charge is 0.159 e. The topological polar surface area (TPSA) is 36.7 Å². The standard InChI is InChI=1S/C9H9ClN2/c1-6(2)7-3-8(10)9(4-11)12-5-7/h3,5-6H,1-2H3. The molecule has 0 amide bonds. The van der Waals surface area contributed by atoms with Crippen LogP contribution >= 0.6 is 11.6 Å². The number of rotatable bonds is 1. The van der Waals surface area contributed by atoms with Crippen LogP contribution in [0.1, 0.15) is 31.0 Å². The van der Waals surface area contributed by atoms with Crippen LogP contribution in [0.5, 0.6) is 0 Å². The molecule has 1 rings (SSSR count). The molecule has 0 radical (unpaired) electrons. The molecule has 0 N–H and O–H groups in total. The quantitative estimate of drug-likeness (QED) is 0.667. The Kier molecular flexibility index (Phi) is 2.67. The number of hydrogen-bond acceptors (Lipinski definition) is 2. The van der Waals surface area contributed by atoms with Gasteiger partial charge < -0.3 is 0 Å². The Morgan fingerprint density at radius 2 is 2.25 bits per heavy atom. The van der Waals surface area contributed by atoms with Crippen LogP contribution in [-0.4, -0.2) is 4.98 Å². The molecule has 3 heteroatoms. The van der Waals surface area contributed by atoms with E-state index in [1.807, 2.05) is 6.07 Å². The van der Waals surface area contributed by atoms with Crippen molar-refractivity contribution in [2.75, 3.05) is 0 Å². The molecule has 0 aromatic carbocycles. The van der Waals surface area contributed by atoms with Crippen LogP contribution in [0.3, 0.4) is 0 Å². The van der Waals surface area contributed by atoms with Crippen LogP contribution in [0.4, 0.5) is 0 Å². The molecule has 0 saturated carbocycles. The van der Waals surface area contributed by atoms with E-state index in [0.29, 0.717) is 16.6 Å². The fraction of sp³-hybridized carbons (Fsp3) is 0.333. The summed E-state index contributed by atoms with van der Waals surface area (Å²) < 4.78 is 0. The summed E-state index contributed by atoms with van der Waals surface area (Å²) in [5.74, 6) is 0.391. The molecule has 0 saturated heterocycles. The van der Waals surface area contributed by atoms with Gasteiger partial charge >= 0.3 is 0 Å². The molecule has 12 heavy (non-hydrogen) atoms. The summed E-state index contributed by atoms with van der Waals surface area (Å²) in [7, 11) is 0. The van der Waals surface area contributed by atoms with E-state index < -0.39 is 0 Å². The Morgan fingerprint density at radius 3 is 2.67 bits per heavy atom. The van der Waals surface area contributed by atoms with E-state index in [4.69, 9.17) is 16.9 Å².